The summed E-state index contributed by atoms with van der Waals surface area (Å²) in [4.78, 5) is 0. The lowest BCUT2D eigenvalue weighted by Crippen LogP contribution is -2.47. The molecule has 0 spiro atoms. The van der Waals surface area contributed by atoms with Gasteiger partial charge in [-0.05, 0) is 19.4 Å². The van der Waals surface area contributed by atoms with E-state index >= 15 is 0 Å². The molecular formula is C13H19NO3S. The maximum atomic E-state index is 12.3. The lowest BCUT2D eigenvalue weighted by Gasteiger charge is -2.32. The molecule has 1 unspecified atom stereocenters. The molecule has 1 aromatic rings. The number of benzene rings is 1. The van der Waals surface area contributed by atoms with Crippen LogP contribution < -0.4 is 0 Å². The zero-order chi connectivity index (χ0) is 13.2. The van der Waals surface area contributed by atoms with E-state index in [2.05, 4.69) is 0 Å². The summed E-state index contributed by atoms with van der Waals surface area (Å²) in [5, 5.41) is 0. The zero-order valence-electron chi connectivity index (χ0n) is 10.8. The molecule has 0 saturated carbocycles. The fourth-order valence-electron chi connectivity index (χ4n) is 2.10. The molecule has 0 aromatic heterocycles. The Morgan fingerprint density at radius 2 is 2.00 bits per heavy atom. The first-order chi connectivity index (χ1) is 8.49. The topological polar surface area (TPSA) is 46.6 Å². The van der Waals surface area contributed by atoms with Crippen LogP contribution in [0.2, 0.25) is 0 Å². The molecule has 18 heavy (non-hydrogen) atoms. The number of sulfonamides is 1. The van der Waals surface area contributed by atoms with E-state index in [0.717, 1.165) is 11.1 Å². The smallest absolute Gasteiger partial charge is 0.218 e. The summed E-state index contributed by atoms with van der Waals surface area (Å²) in [5.41, 5.74) is 1.97. The molecule has 0 aliphatic carbocycles. The predicted octanol–water partition coefficient (Wildman–Crippen LogP) is 1.55. The Bertz CT molecular complexity index is 495. The molecule has 2 rings (SSSR count). The molecule has 0 amide bonds. The summed E-state index contributed by atoms with van der Waals surface area (Å²) in [7, 11) is -3.25. The van der Waals surface area contributed by atoms with Gasteiger partial charge in [-0.3, -0.25) is 0 Å². The predicted molar refractivity (Wildman–Crippen MR) is 70.8 cm³/mol. The second kappa shape index (κ2) is 5.38. The van der Waals surface area contributed by atoms with Crippen molar-refractivity contribution in [3.8, 4) is 0 Å². The SMILES string of the molecule is Cc1ccc(CS(=O)(=O)N2CCOCC2C)cc1. The monoisotopic (exact) mass is 269 g/mol. The highest BCUT2D eigenvalue weighted by Crippen LogP contribution is 2.17. The van der Waals surface area contributed by atoms with E-state index in [9.17, 15) is 8.42 Å². The number of rotatable bonds is 3. The summed E-state index contributed by atoms with van der Waals surface area (Å²) in [6.07, 6.45) is 0. The summed E-state index contributed by atoms with van der Waals surface area (Å²) in [6.45, 7) is 5.29. The third-order valence-electron chi connectivity index (χ3n) is 3.13. The Morgan fingerprint density at radius 1 is 1.33 bits per heavy atom. The van der Waals surface area contributed by atoms with Gasteiger partial charge in [0.05, 0.1) is 19.0 Å². The van der Waals surface area contributed by atoms with Crippen molar-refractivity contribution in [3.63, 3.8) is 0 Å². The number of nitrogens with zero attached hydrogens (tertiary/aromatic N) is 1. The molecule has 1 aromatic carbocycles. The van der Waals surface area contributed by atoms with Crippen LogP contribution in [0.5, 0.6) is 0 Å². The van der Waals surface area contributed by atoms with Gasteiger partial charge in [-0.1, -0.05) is 29.8 Å². The Labute approximate surface area is 109 Å². The van der Waals surface area contributed by atoms with Crippen molar-refractivity contribution in [2.45, 2.75) is 25.6 Å². The van der Waals surface area contributed by atoms with Crippen molar-refractivity contribution >= 4 is 10.0 Å². The highest BCUT2D eigenvalue weighted by molar-refractivity contribution is 7.88. The van der Waals surface area contributed by atoms with Crippen LogP contribution in [0.3, 0.4) is 0 Å². The standard InChI is InChI=1S/C13H19NO3S/c1-11-3-5-13(6-4-11)10-18(15,16)14-7-8-17-9-12(14)2/h3-6,12H,7-10H2,1-2H3. The second-order valence-corrected chi connectivity index (χ2v) is 6.70. The van der Waals surface area contributed by atoms with Crippen LogP contribution in [-0.2, 0) is 20.5 Å². The van der Waals surface area contributed by atoms with Gasteiger partial charge < -0.3 is 4.74 Å². The minimum absolute atomic E-state index is 0.0671. The van der Waals surface area contributed by atoms with Gasteiger partial charge in [-0.25, -0.2) is 8.42 Å². The number of morpholine rings is 1. The Hall–Kier alpha value is -0.910. The van der Waals surface area contributed by atoms with E-state index in [1.165, 1.54) is 0 Å². The molecule has 5 heteroatoms. The molecule has 0 radical (unpaired) electrons. The summed E-state index contributed by atoms with van der Waals surface area (Å²) < 4.78 is 31.5. The van der Waals surface area contributed by atoms with Gasteiger partial charge in [-0.15, -0.1) is 0 Å². The highest BCUT2D eigenvalue weighted by Gasteiger charge is 2.29. The molecule has 1 saturated heterocycles. The average Bonchev–Trinajstić information content (AvgIpc) is 2.32. The van der Waals surface area contributed by atoms with Crippen molar-refractivity contribution in [2.24, 2.45) is 0 Å². The molecule has 0 N–H and O–H groups in total. The van der Waals surface area contributed by atoms with E-state index in [1.54, 1.807) is 4.31 Å². The van der Waals surface area contributed by atoms with Crippen LogP contribution in [0.4, 0.5) is 0 Å². The lowest BCUT2D eigenvalue weighted by molar-refractivity contribution is 0.0392. The van der Waals surface area contributed by atoms with Crippen molar-refractivity contribution in [1.82, 2.24) is 4.31 Å². The van der Waals surface area contributed by atoms with Crippen LogP contribution in [0, 0.1) is 6.92 Å². The first-order valence-electron chi connectivity index (χ1n) is 6.12. The van der Waals surface area contributed by atoms with Crippen molar-refractivity contribution in [1.29, 1.82) is 0 Å². The van der Waals surface area contributed by atoms with Crippen LogP contribution in [0.25, 0.3) is 0 Å². The molecule has 1 heterocycles. The molecule has 1 aliphatic rings. The molecule has 4 nitrogen and oxygen atoms in total. The third kappa shape index (κ3) is 3.10. The van der Waals surface area contributed by atoms with Gasteiger partial charge in [0, 0.05) is 12.6 Å². The first-order valence-corrected chi connectivity index (χ1v) is 7.73. The van der Waals surface area contributed by atoms with Crippen LogP contribution in [-0.4, -0.2) is 38.5 Å². The molecule has 1 fully saturated rings. The van der Waals surface area contributed by atoms with Crippen LogP contribution in [0.15, 0.2) is 24.3 Å². The number of aryl methyl sites for hydroxylation is 1. The minimum Gasteiger partial charge on any atom is -0.378 e. The minimum atomic E-state index is -3.25. The molecular weight excluding hydrogens is 250 g/mol. The Morgan fingerprint density at radius 3 is 2.61 bits per heavy atom. The largest absolute Gasteiger partial charge is 0.378 e. The number of hydrogen-bond donors (Lipinski definition) is 0. The summed E-state index contributed by atoms with van der Waals surface area (Å²) in [6, 6.07) is 7.55. The zero-order valence-corrected chi connectivity index (χ0v) is 11.6. The van der Waals surface area contributed by atoms with Gasteiger partial charge in [0.25, 0.3) is 0 Å². The normalized spacial score (nSPS) is 22.0. The van der Waals surface area contributed by atoms with Crippen molar-refractivity contribution < 1.29 is 13.2 Å². The van der Waals surface area contributed by atoms with E-state index in [1.807, 2.05) is 38.1 Å². The molecule has 1 atom stereocenters. The van der Waals surface area contributed by atoms with Crippen molar-refractivity contribution in [2.75, 3.05) is 19.8 Å². The summed E-state index contributed by atoms with van der Waals surface area (Å²) >= 11 is 0. The van der Waals surface area contributed by atoms with Gasteiger partial charge in [-0.2, -0.15) is 4.31 Å². The van der Waals surface area contributed by atoms with Gasteiger partial charge in [0.2, 0.25) is 10.0 Å². The van der Waals surface area contributed by atoms with E-state index < -0.39 is 10.0 Å². The first kappa shape index (κ1) is 13.5. The van der Waals surface area contributed by atoms with E-state index in [0.29, 0.717) is 19.8 Å². The van der Waals surface area contributed by atoms with Crippen LogP contribution in [0.1, 0.15) is 18.1 Å². The number of ether oxygens (including phenoxy) is 1. The highest BCUT2D eigenvalue weighted by atomic mass is 32.2. The fraction of sp³-hybridized carbons (Fsp3) is 0.538. The van der Waals surface area contributed by atoms with Gasteiger partial charge in [0.15, 0.2) is 0 Å². The Balaban J connectivity index is 2.13. The third-order valence-corrected chi connectivity index (χ3v) is 5.09. The molecule has 100 valence electrons. The van der Waals surface area contributed by atoms with E-state index in [-0.39, 0.29) is 11.8 Å². The second-order valence-electron chi connectivity index (χ2n) is 4.78. The fourth-order valence-corrected chi connectivity index (χ4v) is 3.84. The van der Waals surface area contributed by atoms with E-state index in [4.69, 9.17) is 4.74 Å². The van der Waals surface area contributed by atoms with Crippen LogP contribution >= 0.6 is 0 Å². The Kier molecular flexibility index (Phi) is 4.04. The van der Waals surface area contributed by atoms with Gasteiger partial charge >= 0.3 is 0 Å². The molecule has 0 bridgehead atoms. The number of hydrogen-bond acceptors (Lipinski definition) is 3. The maximum absolute atomic E-state index is 12.3. The lowest BCUT2D eigenvalue weighted by atomic mass is 10.2. The van der Waals surface area contributed by atoms with Crippen molar-refractivity contribution in [3.05, 3.63) is 35.4 Å². The maximum Gasteiger partial charge on any atom is 0.218 e. The molecule has 1 aliphatic heterocycles. The summed E-state index contributed by atoms with van der Waals surface area (Å²) in [5.74, 6) is 0.0671. The average molecular weight is 269 g/mol. The van der Waals surface area contributed by atoms with Gasteiger partial charge in [0.1, 0.15) is 0 Å². The quantitative estimate of drug-likeness (QED) is 0.836.